The van der Waals surface area contributed by atoms with Gasteiger partial charge in [0.05, 0.1) is 29.3 Å². The van der Waals surface area contributed by atoms with E-state index in [0.29, 0.717) is 40.3 Å². The van der Waals surface area contributed by atoms with Crippen LogP contribution in [0.3, 0.4) is 0 Å². The Balaban J connectivity index is 1.31. The molecule has 1 aromatic carbocycles. The Labute approximate surface area is 219 Å². The normalized spacial score (nSPS) is 13.4. The van der Waals surface area contributed by atoms with Crippen LogP contribution >= 0.6 is 0 Å². The molecule has 0 aliphatic heterocycles. The molecule has 3 aromatic heterocycles. The fourth-order valence-corrected chi connectivity index (χ4v) is 4.67. The molecule has 10 heteroatoms. The summed E-state index contributed by atoms with van der Waals surface area (Å²) in [5, 5.41) is 13.3. The number of aromatic amines is 1. The summed E-state index contributed by atoms with van der Waals surface area (Å²) >= 11 is 0. The summed E-state index contributed by atoms with van der Waals surface area (Å²) in [4.78, 5) is 47.6. The summed E-state index contributed by atoms with van der Waals surface area (Å²) < 4.78 is 0. The van der Waals surface area contributed by atoms with Crippen molar-refractivity contribution in [2.75, 3.05) is 24.7 Å². The van der Waals surface area contributed by atoms with E-state index in [4.69, 9.17) is 0 Å². The van der Waals surface area contributed by atoms with Gasteiger partial charge in [-0.15, -0.1) is 0 Å². The maximum absolute atomic E-state index is 13.1. The van der Waals surface area contributed by atoms with E-state index in [9.17, 15) is 14.4 Å². The molecule has 0 unspecified atom stereocenters. The molecular formula is C28H29N7O3. The second-order valence-corrected chi connectivity index (χ2v) is 9.78. The fourth-order valence-electron chi connectivity index (χ4n) is 4.67. The minimum Gasteiger partial charge on any atom is -0.331 e. The average molecular weight is 512 g/mol. The highest BCUT2D eigenvalue weighted by molar-refractivity contribution is 6.11. The first-order valence-corrected chi connectivity index (χ1v) is 12.6. The number of hydrogen-bond donors (Lipinski definition) is 3. The summed E-state index contributed by atoms with van der Waals surface area (Å²) in [7, 11) is 3.32. The predicted molar refractivity (Wildman–Crippen MR) is 145 cm³/mol. The van der Waals surface area contributed by atoms with Crippen LogP contribution < -0.4 is 10.6 Å². The fraction of sp³-hybridized carbons (Fsp3) is 0.286. The number of ketones is 1. The van der Waals surface area contributed by atoms with Crippen LogP contribution in [-0.2, 0) is 0 Å². The zero-order valence-electron chi connectivity index (χ0n) is 21.3. The van der Waals surface area contributed by atoms with Gasteiger partial charge in [0.2, 0.25) is 0 Å². The number of fused-ring (bicyclic) bond motifs is 1. The van der Waals surface area contributed by atoms with E-state index in [1.807, 2.05) is 24.3 Å². The van der Waals surface area contributed by atoms with E-state index in [2.05, 4.69) is 30.8 Å². The maximum atomic E-state index is 13.1. The lowest BCUT2D eigenvalue weighted by atomic mass is 9.99. The van der Waals surface area contributed by atoms with Crippen LogP contribution in [0.25, 0.3) is 22.0 Å². The largest absolute Gasteiger partial charge is 0.331 e. The molecule has 0 radical (unpaired) electrons. The van der Waals surface area contributed by atoms with Gasteiger partial charge >= 0.3 is 6.03 Å². The zero-order chi connectivity index (χ0) is 26.6. The number of amides is 3. The van der Waals surface area contributed by atoms with Gasteiger partial charge in [-0.3, -0.25) is 24.7 Å². The Kier molecular flexibility index (Phi) is 7.12. The minimum atomic E-state index is -0.398. The first-order valence-electron chi connectivity index (χ1n) is 12.6. The predicted octanol–water partition coefficient (Wildman–Crippen LogP) is 5.13. The number of rotatable bonds is 7. The SMILES string of the molecule is CN(C)C(=O)Nc1cncc(-c2ccc3[nH]nc(C(=O)Nc4ccc(C(=O)CC5CCCC5)nc4)c3c2)c1. The van der Waals surface area contributed by atoms with Crippen molar-refractivity contribution in [2.45, 2.75) is 32.1 Å². The molecule has 0 spiro atoms. The third-order valence-electron chi connectivity index (χ3n) is 6.76. The average Bonchev–Trinajstić information content (AvgIpc) is 3.58. The Morgan fingerprint density at radius 1 is 0.947 bits per heavy atom. The first-order chi connectivity index (χ1) is 18.4. The van der Waals surface area contributed by atoms with E-state index in [0.717, 1.165) is 24.0 Å². The molecule has 3 heterocycles. The molecule has 194 valence electrons. The number of anilines is 2. The van der Waals surface area contributed by atoms with Crippen molar-refractivity contribution in [3.63, 3.8) is 0 Å². The van der Waals surface area contributed by atoms with Gasteiger partial charge in [0.25, 0.3) is 5.91 Å². The molecule has 1 fully saturated rings. The Morgan fingerprint density at radius 2 is 1.76 bits per heavy atom. The number of hydrogen-bond acceptors (Lipinski definition) is 6. The van der Waals surface area contributed by atoms with Gasteiger partial charge < -0.3 is 15.5 Å². The van der Waals surface area contributed by atoms with Crippen LogP contribution in [0.1, 0.15) is 53.1 Å². The van der Waals surface area contributed by atoms with Crippen molar-refractivity contribution in [3.05, 3.63) is 66.4 Å². The number of Topliss-reactive ketones (excluding diaryl/α,β-unsaturated/α-hetero) is 1. The van der Waals surface area contributed by atoms with Crippen LogP contribution in [0.5, 0.6) is 0 Å². The Morgan fingerprint density at radius 3 is 2.50 bits per heavy atom. The van der Waals surface area contributed by atoms with Gasteiger partial charge in [0.15, 0.2) is 11.5 Å². The van der Waals surface area contributed by atoms with Gasteiger partial charge in [-0.2, -0.15) is 5.10 Å². The lowest BCUT2D eigenvalue weighted by molar-refractivity contribution is 0.0956. The van der Waals surface area contributed by atoms with Crippen molar-refractivity contribution < 1.29 is 14.4 Å². The van der Waals surface area contributed by atoms with E-state index in [-0.39, 0.29) is 17.5 Å². The molecule has 0 saturated heterocycles. The number of H-pyrrole nitrogens is 1. The smallest absolute Gasteiger partial charge is 0.321 e. The van der Waals surface area contributed by atoms with Gasteiger partial charge in [0, 0.05) is 37.7 Å². The highest BCUT2D eigenvalue weighted by Gasteiger charge is 2.20. The topological polar surface area (TPSA) is 133 Å². The summed E-state index contributed by atoms with van der Waals surface area (Å²) in [6, 6.07) is 10.5. The van der Waals surface area contributed by atoms with Crippen molar-refractivity contribution >= 4 is 40.0 Å². The summed E-state index contributed by atoms with van der Waals surface area (Å²) in [5.41, 5.74) is 3.98. The monoisotopic (exact) mass is 511 g/mol. The molecule has 5 rings (SSSR count). The quantitative estimate of drug-likeness (QED) is 0.295. The van der Waals surface area contributed by atoms with Crippen LogP contribution in [0.2, 0.25) is 0 Å². The third kappa shape index (κ3) is 5.54. The second-order valence-electron chi connectivity index (χ2n) is 9.78. The number of urea groups is 1. The summed E-state index contributed by atoms with van der Waals surface area (Å²) in [5.74, 6) is 0.0994. The summed E-state index contributed by atoms with van der Waals surface area (Å²) in [6.07, 6.45) is 9.88. The van der Waals surface area contributed by atoms with Crippen molar-refractivity contribution in [1.82, 2.24) is 25.1 Å². The highest BCUT2D eigenvalue weighted by Crippen LogP contribution is 2.29. The van der Waals surface area contributed by atoms with Gasteiger partial charge in [-0.05, 0) is 41.8 Å². The molecule has 3 amide bonds. The molecule has 0 bridgehead atoms. The zero-order valence-corrected chi connectivity index (χ0v) is 21.3. The lowest BCUT2D eigenvalue weighted by Gasteiger charge is -2.12. The number of carbonyl (C=O) groups is 3. The number of benzene rings is 1. The van der Waals surface area contributed by atoms with E-state index >= 15 is 0 Å². The molecule has 38 heavy (non-hydrogen) atoms. The van der Waals surface area contributed by atoms with Crippen molar-refractivity contribution in [2.24, 2.45) is 5.92 Å². The number of carbonyl (C=O) groups excluding carboxylic acids is 3. The third-order valence-corrected chi connectivity index (χ3v) is 6.76. The molecule has 10 nitrogen and oxygen atoms in total. The molecule has 3 N–H and O–H groups in total. The lowest BCUT2D eigenvalue weighted by Crippen LogP contribution is -2.27. The van der Waals surface area contributed by atoms with Crippen LogP contribution in [0.15, 0.2) is 55.0 Å². The van der Waals surface area contributed by atoms with E-state index < -0.39 is 5.91 Å². The van der Waals surface area contributed by atoms with E-state index in [1.165, 1.54) is 23.9 Å². The van der Waals surface area contributed by atoms with E-state index in [1.54, 1.807) is 38.6 Å². The minimum absolute atomic E-state index is 0.0421. The van der Waals surface area contributed by atoms with Gasteiger partial charge in [-0.1, -0.05) is 31.7 Å². The Bertz CT molecular complexity index is 1490. The highest BCUT2D eigenvalue weighted by atomic mass is 16.2. The standard InChI is InChI=1S/C28H29N7O3/c1-35(2)28(38)32-21-12-19(14-29-15-21)18-7-9-23-22(13-18)26(34-33-23)27(37)31-20-8-10-24(30-16-20)25(36)11-17-5-3-4-6-17/h7-10,12-17H,3-6,11H2,1-2H3,(H,31,37)(H,32,38)(H,33,34). The van der Waals surface area contributed by atoms with Gasteiger partial charge in [-0.25, -0.2) is 4.79 Å². The molecular weight excluding hydrogens is 482 g/mol. The maximum Gasteiger partial charge on any atom is 0.321 e. The molecule has 1 saturated carbocycles. The van der Waals surface area contributed by atoms with Crippen molar-refractivity contribution in [3.8, 4) is 11.1 Å². The van der Waals surface area contributed by atoms with Crippen LogP contribution in [0, 0.1) is 5.92 Å². The molecule has 1 aliphatic carbocycles. The Hall–Kier alpha value is -4.60. The number of aromatic nitrogens is 4. The molecule has 1 aliphatic rings. The van der Waals surface area contributed by atoms with Crippen LogP contribution in [-0.4, -0.2) is 56.9 Å². The molecule has 4 aromatic rings. The number of nitrogens with one attached hydrogen (secondary N) is 3. The van der Waals surface area contributed by atoms with Gasteiger partial charge in [0.1, 0.15) is 5.69 Å². The number of nitrogens with zero attached hydrogens (tertiary/aromatic N) is 4. The van der Waals surface area contributed by atoms with Crippen molar-refractivity contribution in [1.29, 1.82) is 0 Å². The second kappa shape index (κ2) is 10.8. The summed E-state index contributed by atoms with van der Waals surface area (Å²) in [6.45, 7) is 0. The first kappa shape index (κ1) is 25.1. The number of pyridine rings is 2. The molecule has 0 atom stereocenters. The van der Waals surface area contributed by atoms with Crippen LogP contribution in [0.4, 0.5) is 16.2 Å².